The van der Waals surface area contributed by atoms with Gasteiger partial charge in [0.2, 0.25) is 9.84 Å². The van der Waals surface area contributed by atoms with Crippen LogP contribution in [0.5, 0.6) is 0 Å². The zero-order valence-electron chi connectivity index (χ0n) is 12.1. The summed E-state index contributed by atoms with van der Waals surface area (Å²) in [6, 6.07) is 4.59. The topological polar surface area (TPSA) is 63.2 Å². The van der Waals surface area contributed by atoms with Gasteiger partial charge < -0.3 is 5.32 Å². The number of hydrogen-bond donors (Lipinski definition) is 1. The molecule has 1 N–H and O–H groups in total. The molecular formula is C15H19F2NO3S. The highest BCUT2D eigenvalue weighted by molar-refractivity contribution is 7.91. The van der Waals surface area contributed by atoms with Gasteiger partial charge in [0, 0.05) is 12.1 Å². The smallest absolute Gasteiger partial charge is 0.341 e. The molecule has 1 fully saturated rings. The molecule has 0 spiro atoms. The molecule has 122 valence electrons. The maximum atomic E-state index is 12.4. The SMILES string of the molecule is O=C(NCC1CCCCC1)c1ccc(S(=O)(=O)C(F)F)cc1. The third kappa shape index (κ3) is 4.03. The van der Waals surface area contributed by atoms with Crippen LogP contribution >= 0.6 is 0 Å². The molecule has 1 aromatic rings. The van der Waals surface area contributed by atoms with Crippen LogP contribution in [0.1, 0.15) is 42.5 Å². The van der Waals surface area contributed by atoms with Gasteiger partial charge in [-0.2, -0.15) is 8.78 Å². The number of alkyl halides is 2. The number of sulfone groups is 1. The zero-order valence-corrected chi connectivity index (χ0v) is 12.9. The Balaban J connectivity index is 1.96. The Morgan fingerprint density at radius 2 is 1.73 bits per heavy atom. The van der Waals surface area contributed by atoms with Gasteiger partial charge in [0.25, 0.3) is 5.91 Å². The quantitative estimate of drug-likeness (QED) is 0.902. The lowest BCUT2D eigenvalue weighted by Gasteiger charge is -2.21. The minimum absolute atomic E-state index is 0.268. The average molecular weight is 331 g/mol. The van der Waals surface area contributed by atoms with Gasteiger partial charge in [0.15, 0.2) is 0 Å². The van der Waals surface area contributed by atoms with E-state index in [0.29, 0.717) is 12.5 Å². The molecule has 1 saturated carbocycles. The molecular weight excluding hydrogens is 312 g/mol. The first-order valence-electron chi connectivity index (χ1n) is 7.31. The lowest BCUT2D eigenvalue weighted by molar-refractivity contribution is 0.0943. The highest BCUT2D eigenvalue weighted by Crippen LogP contribution is 2.23. The summed E-state index contributed by atoms with van der Waals surface area (Å²) in [7, 11) is -4.61. The summed E-state index contributed by atoms with van der Waals surface area (Å²) in [6.07, 6.45) is 5.81. The molecule has 0 saturated heterocycles. The van der Waals surface area contributed by atoms with Crippen LogP contribution in [0, 0.1) is 5.92 Å². The van der Waals surface area contributed by atoms with E-state index in [-0.39, 0.29) is 11.5 Å². The molecule has 4 nitrogen and oxygen atoms in total. The Morgan fingerprint density at radius 3 is 2.27 bits per heavy atom. The van der Waals surface area contributed by atoms with Crippen molar-refractivity contribution in [3.8, 4) is 0 Å². The molecule has 2 rings (SSSR count). The zero-order chi connectivity index (χ0) is 16.2. The number of hydrogen-bond acceptors (Lipinski definition) is 3. The van der Waals surface area contributed by atoms with E-state index >= 15 is 0 Å². The number of rotatable bonds is 5. The molecule has 1 amide bonds. The van der Waals surface area contributed by atoms with Gasteiger partial charge in [-0.1, -0.05) is 19.3 Å². The number of amides is 1. The number of carbonyl (C=O) groups is 1. The first kappa shape index (κ1) is 16.9. The molecule has 0 atom stereocenters. The largest absolute Gasteiger partial charge is 0.352 e. The predicted molar refractivity (Wildman–Crippen MR) is 78.5 cm³/mol. The van der Waals surface area contributed by atoms with E-state index in [1.54, 1.807) is 0 Å². The normalized spacial score (nSPS) is 16.7. The summed E-state index contributed by atoms with van der Waals surface area (Å²) in [6.45, 7) is 0.593. The third-order valence-electron chi connectivity index (χ3n) is 3.96. The van der Waals surface area contributed by atoms with Crippen LogP contribution in [0.3, 0.4) is 0 Å². The van der Waals surface area contributed by atoms with E-state index in [1.807, 2.05) is 0 Å². The van der Waals surface area contributed by atoms with E-state index < -0.39 is 20.5 Å². The Labute approximate surface area is 128 Å². The Hall–Kier alpha value is -1.50. The maximum absolute atomic E-state index is 12.4. The van der Waals surface area contributed by atoms with Gasteiger partial charge in [0.1, 0.15) is 0 Å². The predicted octanol–water partition coefficient (Wildman–Crippen LogP) is 2.99. The Kier molecular flexibility index (Phi) is 5.50. The number of halogens is 2. The second kappa shape index (κ2) is 7.17. The molecule has 1 aliphatic carbocycles. The van der Waals surface area contributed by atoms with Crippen LogP contribution < -0.4 is 5.32 Å². The fourth-order valence-corrected chi connectivity index (χ4v) is 3.35. The van der Waals surface area contributed by atoms with E-state index in [4.69, 9.17) is 0 Å². The number of carbonyl (C=O) groups excluding carboxylic acids is 1. The molecule has 1 aromatic carbocycles. The van der Waals surface area contributed by atoms with Crippen LogP contribution in [0.4, 0.5) is 8.78 Å². The van der Waals surface area contributed by atoms with Gasteiger partial charge in [-0.05, 0) is 43.0 Å². The van der Waals surface area contributed by atoms with Gasteiger partial charge >= 0.3 is 5.76 Å². The average Bonchev–Trinajstić information content (AvgIpc) is 2.53. The molecule has 0 aliphatic heterocycles. The lowest BCUT2D eigenvalue weighted by atomic mass is 9.89. The molecule has 0 bridgehead atoms. The maximum Gasteiger partial charge on any atom is 0.341 e. The van der Waals surface area contributed by atoms with Crippen molar-refractivity contribution < 1.29 is 22.0 Å². The lowest BCUT2D eigenvalue weighted by Crippen LogP contribution is -2.30. The van der Waals surface area contributed by atoms with Crippen molar-refractivity contribution >= 4 is 15.7 Å². The van der Waals surface area contributed by atoms with Crippen molar-refractivity contribution in [1.82, 2.24) is 5.32 Å². The van der Waals surface area contributed by atoms with Gasteiger partial charge in [-0.3, -0.25) is 4.79 Å². The molecule has 1 aliphatic rings. The standard InChI is InChI=1S/C15H19F2NO3S/c16-15(17)22(20,21)13-8-6-12(7-9-13)14(19)18-10-11-4-2-1-3-5-11/h6-9,11,15H,1-5,10H2,(H,18,19). The number of benzene rings is 1. The van der Waals surface area contributed by atoms with Crippen LogP contribution in [0.25, 0.3) is 0 Å². The molecule has 22 heavy (non-hydrogen) atoms. The highest BCUT2D eigenvalue weighted by Gasteiger charge is 2.26. The Bertz CT molecular complexity index is 608. The third-order valence-corrected chi connectivity index (χ3v) is 5.35. The second-order valence-electron chi connectivity index (χ2n) is 5.54. The monoisotopic (exact) mass is 331 g/mol. The highest BCUT2D eigenvalue weighted by atomic mass is 32.2. The van der Waals surface area contributed by atoms with E-state index in [2.05, 4.69) is 5.32 Å². The van der Waals surface area contributed by atoms with Crippen LogP contribution in [0.2, 0.25) is 0 Å². The summed E-state index contributed by atoms with van der Waals surface area (Å²) in [5.74, 6) is -3.29. The fourth-order valence-electron chi connectivity index (χ4n) is 2.63. The fraction of sp³-hybridized carbons (Fsp3) is 0.533. The molecule has 0 heterocycles. The summed E-state index contributed by atoms with van der Waals surface area (Å²) in [5, 5.41) is 2.81. The van der Waals surface area contributed by atoms with Gasteiger partial charge in [0.05, 0.1) is 4.90 Å². The molecule has 0 aromatic heterocycles. The van der Waals surface area contributed by atoms with Crippen molar-refractivity contribution in [2.24, 2.45) is 5.92 Å². The minimum atomic E-state index is -4.61. The van der Waals surface area contributed by atoms with E-state index in [9.17, 15) is 22.0 Å². The Morgan fingerprint density at radius 1 is 1.14 bits per heavy atom. The first-order chi connectivity index (χ1) is 10.4. The van der Waals surface area contributed by atoms with Crippen LogP contribution in [0.15, 0.2) is 29.2 Å². The first-order valence-corrected chi connectivity index (χ1v) is 8.86. The van der Waals surface area contributed by atoms with Gasteiger partial charge in [-0.25, -0.2) is 8.42 Å². The molecule has 0 radical (unpaired) electrons. The summed E-state index contributed by atoms with van der Waals surface area (Å²) in [5.41, 5.74) is 0.268. The molecule has 7 heteroatoms. The van der Waals surface area contributed by atoms with Crippen molar-refractivity contribution in [2.75, 3.05) is 6.54 Å². The molecule has 0 unspecified atom stereocenters. The van der Waals surface area contributed by atoms with Crippen molar-refractivity contribution in [2.45, 2.75) is 42.8 Å². The second-order valence-corrected chi connectivity index (χ2v) is 7.46. The van der Waals surface area contributed by atoms with Crippen LogP contribution in [-0.2, 0) is 9.84 Å². The van der Waals surface area contributed by atoms with Crippen molar-refractivity contribution in [3.05, 3.63) is 29.8 Å². The van der Waals surface area contributed by atoms with Crippen molar-refractivity contribution in [1.29, 1.82) is 0 Å². The van der Waals surface area contributed by atoms with Crippen molar-refractivity contribution in [3.63, 3.8) is 0 Å². The summed E-state index contributed by atoms with van der Waals surface area (Å²) >= 11 is 0. The van der Waals surface area contributed by atoms with Gasteiger partial charge in [-0.15, -0.1) is 0 Å². The minimum Gasteiger partial charge on any atom is -0.352 e. The summed E-state index contributed by atoms with van der Waals surface area (Å²) in [4.78, 5) is 11.5. The van der Waals surface area contributed by atoms with E-state index in [0.717, 1.165) is 25.0 Å². The number of nitrogens with one attached hydrogen (secondary N) is 1. The summed E-state index contributed by atoms with van der Waals surface area (Å²) < 4.78 is 47.4. The van der Waals surface area contributed by atoms with E-state index in [1.165, 1.54) is 31.4 Å². The van der Waals surface area contributed by atoms with Crippen LogP contribution in [-0.4, -0.2) is 26.6 Å².